The summed E-state index contributed by atoms with van der Waals surface area (Å²) in [4.78, 5) is 7.06. The van der Waals surface area contributed by atoms with Gasteiger partial charge in [-0.05, 0) is 18.2 Å². The lowest BCUT2D eigenvalue weighted by atomic mass is 10.2. The smallest absolute Gasteiger partial charge is 0.161 e. The maximum Gasteiger partial charge on any atom is 0.161 e. The highest BCUT2D eigenvalue weighted by molar-refractivity contribution is 5.61. The second-order valence-electron chi connectivity index (χ2n) is 3.30. The van der Waals surface area contributed by atoms with Gasteiger partial charge in [-0.3, -0.25) is 0 Å². The van der Waals surface area contributed by atoms with Crippen LogP contribution in [0.15, 0.2) is 24.4 Å². The van der Waals surface area contributed by atoms with Crippen LogP contribution in [0.4, 0.5) is 0 Å². The van der Waals surface area contributed by atoms with Crippen LogP contribution in [0.25, 0.3) is 11.4 Å². The molecule has 16 heavy (non-hydrogen) atoms. The number of imidazole rings is 1. The van der Waals surface area contributed by atoms with Crippen molar-refractivity contribution < 1.29 is 14.9 Å². The van der Waals surface area contributed by atoms with E-state index in [9.17, 15) is 5.11 Å². The zero-order chi connectivity index (χ0) is 11.5. The number of phenolic OH excluding ortho intramolecular Hbond substituents is 1. The van der Waals surface area contributed by atoms with E-state index in [0.29, 0.717) is 17.3 Å². The monoisotopic (exact) mass is 220 g/mol. The van der Waals surface area contributed by atoms with E-state index in [4.69, 9.17) is 9.84 Å². The average Bonchev–Trinajstić information content (AvgIpc) is 2.78. The van der Waals surface area contributed by atoms with E-state index in [0.717, 1.165) is 5.56 Å². The fraction of sp³-hybridized carbons (Fsp3) is 0.182. The number of benzene rings is 1. The first-order chi connectivity index (χ1) is 7.74. The van der Waals surface area contributed by atoms with Crippen LogP contribution in [-0.2, 0) is 6.61 Å². The molecule has 0 saturated carbocycles. The van der Waals surface area contributed by atoms with Gasteiger partial charge >= 0.3 is 0 Å². The standard InChI is InChI=1S/C11H12N2O3/c1-16-10-4-7(2-3-9(10)15)11-12-5-8(6-14)13-11/h2-5,14-15H,6H2,1H3,(H,12,13). The number of methoxy groups -OCH3 is 1. The lowest BCUT2D eigenvalue weighted by Crippen LogP contribution is -1.87. The number of hydrogen-bond donors (Lipinski definition) is 3. The average molecular weight is 220 g/mol. The number of rotatable bonds is 3. The molecular formula is C11H12N2O3. The minimum atomic E-state index is -0.0811. The molecule has 5 heteroatoms. The van der Waals surface area contributed by atoms with Crippen LogP contribution >= 0.6 is 0 Å². The lowest BCUT2D eigenvalue weighted by Gasteiger charge is -2.04. The van der Waals surface area contributed by atoms with Gasteiger partial charge in [-0.15, -0.1) is 0 Å². The molecule has 0 radical (unpaired) electrons. The first-order valence-corrected chi connectivity index (χ1v) is 4.76. The highest BCUT2D eigenvalue weighted by Gasteiger charge is 2.07. The highest BCUT2D eigenvalue weighted by Crippen LogP contribution is 2.30. The van der Waals surface area contributed by atoms with E-state index in [2.05, 4.69) is 9.97 Å². The third-order valence-corrected chi connectivity index (χ3v) is 2.25. The molecule has 1 heterocycles. The molecule has 2 aromatic rings. The quantitative estimate of drug-likeness (QED) is 0.728. The van der Waals surface area contributed by atoms with E-state index in [1.807, 2.05) is 0 Å². The minimum Gasteiger partial charge on any atom is -0.504 e. The van der Waals surface area contributed by atoms with Crippen LogP contribution in [0.2, 0.25) is 0 Å². The topological polar surface area (TPSA) is 78.4 Å². The molecule has 0 bridgehead atoms. The van der Waals surface area contributed by atoms with Gasteiger partial charge < -0.3 is 19.9 Å². The molecule has 0 spiro atoms. The second kappa shape index (κ2) is 4.24. The highest BCUT2D eigenvalue weighted by atomic mass is 16.5. The number of aromatic amines is 1. The Kier molecular flexibility index (Phi) is 2.78. The fourth-order valence-corrected chi connectivity index (χ4v) is 1.41. The Balaban J connectivity index is 2.40. The number of ether oxygens (including phenoxy) is 1. The van der Waals surface area contributed by atoms with Crippen molar-refractivity contribution in [2.24, 2.45) is 0 Å². The molecule has 1 aromatic carbocycles. The predicted octanol–water partition coefficient (Wildman–Crippen LogP) is 1.28. The first-order valence-electron chi connectivity index (χ1n) is 4.76. The van der Waals surface area contributed by atoms with E-state index in [1.54, 1.807) is 18.3 Å². The number of aliphatic hydroxyl groups excluding tert-OH is 1. The van der Waals surface area contributed by atoms with Crippen molar-refractivity contribution in [3.63, 3.8) is 0 Å². The number of nitrogens with one attached hydrogen (secondary N) is 1. The largest absolute Gasteiger partial charge is 0.504 e. The Hall–Kier alpha value is -2.01. The second-order valence-corrected chi connectivity index (χ2v) is 3.30. The van der Waals surface area contributed by atoms with E-state index >= 15 is 0 Å². The van der Waals surface area contributed by atoms with Gasteiger partial charge in [0.25, 0.3) is 0 Å². The van der Waals surface area contributed by atoms with Crippen LogP contribution in [0.5, 0.6) is 11.5 Å². The van der Waals surface area contributed by atoms with Crippen molar-refractivity contribution in [2.45, 2.75) is 6.61 Å². The summed E-state index contributed by atoms with van der Waals surface area (Å²) < 4.78 is 5.00. The van der Waals surface area contributed by atoms with Crippen molar-refractivity contribution in [1.29, 1.82) is 0 Å². The lowest BCUT2D eigenvalue weighted by molar-refractivity contribution is 0.277. The first kappa shape index (κ1) is 10.5. The van der Waals surface area contributed by atoms with Gasteiger partial charge in [0, 0.05) is 5.56 Å². The molecule has 0 unspecified atom stereocenters. The zero-order valence-corrected chi connectivity index (χ0v) is 8.77. The zero-order valence-electron chi connectivity index (χ0n) is 8.77. The third kappa shape index (κ3) is 1.85. The molecule has 0 aliphatic rings. The Bertz CT molecular complexity index is 494. The molecule has 0 fully saturated rings. The molecule has 0 aliphatic heterocycles. The summed E-state index contributed by atoms with van der Waals surface area (Å²) in [5.41, 5.74) is 1.43. The number of H-pyrrole nitrogens is 1. The molecule has 5 nitrogen and oxygen atoms in total. The van der Waals surface area contributed by atoms with E-state index in [-0.39, 0.29) is 12.4 Å². The van der Waals surface area contributed by atoms with Crippen molar-refractivity contribution >= 4 is 0 Å². The molecule has 0 atom stereocenters. The van der Waals surface area contributed by atoms with Crippen molar-refractivity contribution in [3.8, 4) is 22.9 Å². The van der Waals surface area contributed by atoms with Crippen molar-refractivity contribution in [2.75, 3.05) is 7.11 Å². The van der Waals surface area contributed by atoms with Crippen LogP contribution in [0, 0.1) is 0 Å². The molecule has 2 rings (SSSR count). The SMILES string of the molecule is COc1cc(-c2ncc(CO)[nH]2)ccc1O. The van der Waals surface area contributed by atoms with Gasteiger partial charge in [0.15, 0.2) is 11.5 Å². The van der Waals surface area contributed by atoms with Gasteiger partial charge in [-0.2, -0.15) is 0 Å². The summed E-state index contributed by atoms with van der Waals surface area (Å²) in [6, 6.07) is 4.93. The minimum absolute atomic E-state index is 0.0811. The van der Waals surface area contributed by atoms with Crippen molar-refractivity contribution in [3.05, 3.63) is 30.1 Å². The number of aromatic hydroxyl groups is 1. The van der Waals surface area contributed by atoms with Crippen LogP contribution in [0.1, 0.15) is 5.69 Å². The van der Waals surface area contributed by atoms with Gasteiger partial charge in [0.2, 0.25) is 0 Å². The van der Waals surface area contributed by atoms with E-state index in [1.165, 1.54) is 13.2 Å². The summed E-state index contributed by atoms with van der Waals surface area (Å²) in [5.74, 6) is 1.10. The molecule has 3 N–H and O–H groups in total. The van der Waals surface area contributed by atoms with Crippen LogP contribution in [-0.4, -0.2) is 27.3 Å². The summed E-state index contributed by atoms with van der Waals surface area (Å²) >= 11 is 0. The van der Waals surface area contributed by atoms with Gasteiger partial charge in [-0.1, -0.05) is 0 Å². The van der Waals surface area contributed by atoms with Crippen LogP contribution < -0.4 is 4.74 Å². The Labute approximate surface area is 92.3 Å². The molecule has 0 amide bonds. The van der Waals surface area contributed by atoms with Crippen LogP contribution in [0.3, 0.4) is 0 Å². The normalized spacial score (nSPS) is 10.4. The molecule has 1 aromatic heterocycles. The molecule has 0 saturated heterocycles. The third-order valence-electron chi connectivity index (χ3n) is 2.25. The maximum atomic E-state index is 9.44. The van der Waals surface area contributed by atoms with Gasteiger partial charge in [-0.25, -0.2) is 4.98 Å². The van der Waals surface area contributed by atoms with Gasteiger partial charge in [0.1, 0.15) is 5.82 Å². The number of hydrogen-bond acceptors (Lipinski definition) is 4. The molecule has 84 valence electrons. The summed E-state index contributed by atoms with van der Waals surface area (Å²) in [6.45, 7) is -0.0811. The number of phenols is 1. The van der Waals surface area contributed by atoms with Crippen molar-refractivity contribution in [1.82, 2.24) is 9.97 Å². The summed E-state index contributed by atoms with van der Waals surface area (Å²) in [6.07, 6.45) is 1.56. The molecular weight excluding hydrogens is 208 g/mol. The predicted molar refractivity (Wildman–Crippen MR) is 58.2 cm³/mol. The summed E-state index contributed by atoms with van der Waals surface area (Å²) in [5, 5.41) is 18.3. The number of nitrogens with zero attached hydrogens (tertiary/aromatic N) is 1. The summed E-state index contributed by atoms with van der Waals surface area (Å²) in [7, 11) is 1.49. The number of aliphatic hydroxyl groups is 1. The molecule has 0 aliphatic carbocycles. The van der Waals surface area contributed by atoms with E-state index < -0.39 is 0 Å². The Morgan fingerprint density at radius 3 is 2.88 bits per heavy atom. The number of aromatic nitrogens is 2. The Morgan fingerprint density at radius 2 is 2.25 bits per heavy atom. The van der Waals surface area contributed by atoms with Gasteiger partial charge in [0.05, 0.1) is 25.6 Å². The maximum absolute atomic E-state index is 9.44. The Morgan fingerprint density at radius 1 is 1.44 bits per heavy atom. The fourth-order valence-electron chi connectivity index (χ4n) is 1.41.